The topological polar surface area (TPSA) is 61.8 Å². The molecular formula is C47H82O5. The molecule has 0 fully saturated rings. The summed E-state index contributed by atoms with van der Waals surface area (Å²) in [6.45, 7) is 7.63. The van der Waals surface area contributed by atoms with Gasteiger partial charge in [0.1, 0.15) is 6.61 Å². The summed E-state index contributed by atoms with van der Waals surface area (Å²) in [7, 11) is 0. The van der Waals surface area contributed by atoms with Gasteiger partial charge in [-0.15, -0.1) is 0 Å². The minimum absolute atomic E-state index is 0.0688. The van der Waals surface area contributed by atoms with E-state index in [2.05, 4.69) is 81.5 Å². The molecule has 0 saturated heterocycles. The minimum Gasteiger partial charge on any atom is -0.462 e. The molecule has 0 aliphatic heterocycles. The van der Waals surface area contributed by atoms with Crippen LogP contribution in [0.3, 0.4) is 0 Å². The van der Waals surface area contributed by atoms with E-state index in [9.17, 15) is 9.59 Å². The zero-order valence-electron chi connectivity index (χ0n) is 34.3. The molecule has 0 radical (unpaired) electrons. The Bertz CT molecular complexity index is 915. The third-order valence-electron chi connectivity index (χ3n) is 9.07. The highest BCUT2D eigenvalue weighted by molar-refractivity contribution is 5.70. The Morgan fingerprint density at radius 3 is 1.38 bits per heavy atom. The molecule has 0 aromatic heterocycles. The standard InChI is InChI=1S/C47H82O5/c1-4-7-10-13-16-18-20-21-22-23-24-25-26-27-29-30-32-34-37-40-46(48)51-44-45(43-50-42-39-36-15-12-9-6-3)52-47(49)41-38-35-33-31-28-19-17-14-11-8-5-2/h7,10,16,18,21-22,24-25,27,29,45H,4-6,8-9,11-15,17,19-20,23,26,28,30-44H2,1-3H3/b10-7-,18-16-,22-21-,25-24-,29-27-. The molecule has 1 unspecified atom stereocenters. The number of hydrogen-bond donors (Lipinski definition) is 0. The van der Waals surface area contributed by atoms with Crippen molar-refractivity contribution in [3.8, 4) is 0 Å². The first-order valence-corrected chi connectivity index (χ1v) is 21.8. The average molecular weight is 727 g/mol. The van der Waals surface area contributed by atoms with Crippen LogP contribution in [0.5, 0.6) is 0 Å². The van der Waals surface area contributed by atoms with Crippen LogP contribution in [0.4, 0.5) is 0 Å². The van der Waals surface area contributed by atoms with Gasteiger partial charge in [0.2, 0.25) is 0 Å². The first-order chi connectivity index (χ1) is 25.6. The molecule has 0 aliphatic carbocycles. The van der Waals surface area contributed by atoms with Crippen LogP contribution in [-0.4, -0.2) is 37.9 Å². The second-order valence-electron chi connectivity index (χ2n) is 14.2. The van der Waals surface area contributed by atoms with Gasteiger partial charge in [-0.1, -0.05) is 184 Å². The summed E-state index contributed by atoms with van der Waals surface area (Å²) in [6.07, 6.45) is 52.2. The van der Waals surface area contributed by atoms with Crippen molar-refractivity contribution in [2.45, 2.75) is 207 Å². The largest absolute Gasteiger partial charge is 0.462 e. The van der Waals surface area contributed by atoms with Gasteiger partial charge in [0.05, 0.1) is 6.61 Å². The quantitative estimate of drug-likeness (QED) is 0.0358. The number of esters is 2. The van der Waals surface area contributed by atoms with Gasteiger partial charge in [-0.05, 0) is 64.2 Å². The summed E-state index contributed by atoms with van der Waals surface area (Å²) >= 11 is 0. The lowest BCUT2D eigenvalue weighted by Gasteiger charge is -2.18. The van der Waals surface area contributed by atoms with Gasteiger partial charge in [0, 0.05) is 19.4 Å². The first kappa shape index (κ1) is 49.6. The number of ether oxygens (including phenoxy) is 3. The van der Waals surface area contributed by atoms with Crippen LogP contribution in [0.2, 0.25) is 0 Å². The van der Waals surface area contributed by atoms with E-state index in [-0.39, 0.29) is 25.2 Å². The maximum atomic E-state index is 12.6. The highest BCUT2D eigenvalue weighted by atomic mass is 16.6. The van der Waals surface area contributed by atoms with E-state index in [1.54, 1.807) is 0 Å². The number of carbonyl (C=O) groups excluding carboxylic acids is 2. The summed E-state index contributed by atoms with van der Waals surface area (Å²) in [5, 5.41) is 0. The molecule has 0 spiro atoms. The van der Waals surface area contributed by atoms with Gasteiger partial charge < -0.3 is 14.2 Å². The summed E-state index contributed by atoms with van der Waals surface area (Å²) in [5.74, 6) is -0.438. The molecule has 1 atom stereocenters. The van der Waals surface area contributed by atoms with Crippen LogP contribution < -0.4 is 0 Å². The number of hydrogen-bond acceptors (Lipinski definition) is 5. The number of allylic oxidation sites excluding steroid dienone is 10. The molecule has 0 amide bonds. The van der Waals surface area contributed by atoms with Gasteiger partial charge >= 0.3 is 11.9 Å². The van der Waals surface area contributed by atoms with Crippen molar-refractivity contribution in [1.82, 2.24) is 0 Å². The van der Waals surface area contributed by atoms with E-state index in [1.807, 2.05) is 0 Å². The normalized spacial score (nSPS) is 12.8. The van der Waals surface area contributed by atoms with E-state index in [1.165, 1.54) is 83.5 Å². The van der Waals surface area contributed by atoms with Gasteiger partial charge in [0.25, 0.3) is 0 Å². The van der Waals surface area contributed by atoms with Crippen LogP contribution in [0.15, 0.2) is 60.8 Å². The minimum atomic E-state index is -0.542. The SMILES string of the molecule is CC/C=C\C/C=C\C/C=C\C/C=C\C/C=C\CCCCCC(=O)OCC(COCCCCCCCC)OC(=O)CCCCCCCCCCCCC. The Balaban J connectivity index is 4.17. The average Bonchev–Trinajstić information content (AvgIpc) is 3.14. The fraction of sp³-hybridized carbons (Fsp3) is 0.745. The smallest absolute Gasteiger partial charge is 0.306 e. The molecule has 0 aliphatic rings. The van der Waals surface area contributed by atoms with Crippen LogP contribution in [0.1, 0.15) is 201 Å². The van der Waals surface area contributed by atoms with E-state index in [0.717, 1.165) is 83.5 Å². The third-order valence-corrected chi connectivity index (χ3v) is 9.07. The molecular weight excluding hydrogens is 645 g/mol. The maximum absolute atomic E-state index is 12.6. The van der Waals surface area contributed by atoms with Gasteiger partial charge in [0.15, 0.2) is 6.10 Å². The second kappa shape index (κ2) is 43.0. The molecule has 5 heteroatoms. The molecule has 0 aromatic carbocycles. The Morgan fingerprint density at radius 2 is 0.865 bits per heavy atom. The predicted octanol–water partition coefficient (Wildman–Crippen LogP) is 14.2. The fourth-order valence-corrected chi connectivity index (χ4v) is 5.83. The van der Waals surface area contributed by atoms with Crippen molar-refractivity contribution < 1.29 is 23.8 Å². The van der Waals surface area contributed by atoms with Crippen LogP contribution >= 0.6 is 0 Å². The Morgan fingerprint density at radius 1 is 0.442 bits per heavy atom. The predicted molar refractivity (Wildman–Crippen MR) is 224 cm³/mol. The van der Waals surface area contributed by atoms with E-state index >= 15 is 0 Å². The highest BCUT2D eigenvalue weighted by Gasteiger charge is 2.17. The van der Waals surface area contributed by atoms with Crippen molar-refractivity contribution in [1.29, 1.82) is 0 Å². The molecule has 5 nitrogen and oxygen atoms in total. The van der Waals surface area contributed by atoms with E-state index < -0.39 is 6.10 Å². The number of carbonyl (C=O) groups is 2. The molecule has 52 heavy (non-hydrogen) atoms. The van der Waals surface area contributed by atoms with Gasteiger partial charge in [-0.25, -0.2) is 0 Å². The summed E-state index contributed by atoms with van der Waals surface area (Å²) in [6, 6.07) is 0. The van der Waals surface area contributed by atoms with Gasteiger partial charge in [-0.3, -0.25) is 9.59 Å². The molecule has 300 valence electrons. The number of unbranched alkanes of at least 4 members (excludes halogenated alkanes) is 18. The lowest BCUT2D eigenvalue weighted by Crippen LogP contribution is -2.30. The lowest BCUT2D eigenvalue weighted by molar-refractivity contribution is -0.163. The van der Waals surface area contributed by atoms with Crippen LogP contribution in [-0.2, 0) is 23.8 Å². The second-order valence-corrected chi connectivity index (χ2v) is 14.2. The molecule has 0 bridgehead atoms. The Hall–Kier alpha value is -2.40. The van der Waals surface area contributed by atoms with E-state index in [4.69, 9.17) is 14.2 Å². The van der Waals surface area contributed by atoms with Gasteiger partial charge in [-0.2, -0.15) is 0 Å². The van der Waals surface area contributed by atoms with Crippen molar-refractivity contribution in [2.75, 3.05) is 19.8 Å². The van der Waals surface area contributed by atoms with E-state index in [0.29, 0.717) is 19.4 Å². The zero-order chi connectivity index (χ0) is 37.8. The summed E-state index contributed by atoms with van der Waals surface area (Å²) in [4.78, 5) is 25.1. The molecule has 0 N–H and O–H groups in total. The fourth-order valence-electron chi connectivity index (χ4n) is 5.83. The lowest BCUT2D eigenvalue weighted by atomic mass is 10.1. The highest BCUT2D eigenvalue weighted by Crippen LogP contribution is 2.13. The Kier molecular flexibility index (Phi) is 41.0. The molecule has 0 aromatic rings. The monoisotopic (exact) mass is 727 g/mol. The van der Waals surface area contributed by atoms with Crippen LogP contribution in [0.25, 0.3) is 0 Å². The Labute approximate surface area is 322 Å². The maximum Gasteiger partial charge on any atom is 0.306 e. The van der Waals surface area contributed by atoms with Crippen molar-refractivity contribution >= 4 is 11.9 Å². The van der Waals surface area contributed by atoms with Crippen molar-refractivity contribution in [3.05, 3.63) is 60.8 Å². The number of rotatable bonds is 39. The van der Waals surface area contributed by atoms with Crippen molar-refractivity contribution in [3.63, 3.8) is 0 Å². The van der Waals surface area contributed by atoms with Crippen LogP contribution in [0, 0.1) is 0 Å². The van der Waals surface area contributed by atoms with Crippen molar-refractivity contribution in [2.24, 2.45) is 0 Å². The zero-order valence-corrected chi connectivity index (χ0v) is 34.3. The molecule has 0 saturated carbocycles. The summed E-state index contributed by atoms with van der Waals surface area (Å²) in [5.41, 5.74) is 0. The molecule has 0 heterocycles. The third kappa shape index (κ3) is 40.4. The first-order valence-electron chi connectivity index (χ1n) is 21.8. The summed E-state index contributed by atoms with van der Waals surface area (Å²) < 4.78 is 17.1. The molecule has 0 rings (SSSR count).